The topological polar surface area (TPSA) is 77.1 Å². The molecule has 6 heteroatoms. The SMILES string of the molecule is CC[C@H](C)c1ccccc1NC(=O)Cn1cnc2c(oc3ccccc32)c1=O. The van der Waals surface area contributed by atoms with Crippen LogP contribution in [0.1, 0.15) is 31.7 Å². The molecule has 1 N–H and O–H groups in total. The summed E-state index contributed by atoms with van der Waals surface area (Å²) in [6.07, 6.45) is 2.37. The van der Waals surface area contributed by atoms with Gasteiger partial charge in [-0.1, -0.05) is 44.2 Å². The largest absolute Gasteiger partial charge is 0.448 e. The van der Waals surface area contributed by atoms with Crippen LogP contribution in [-0.2, 0) is 11.3 Å². The maximum Gasteiger partial charge on any atom is 0.297 e. The van der Waals surface area contributed by atoms with Gasteiger partial charge in [-0.3, -0.25) is 14.2 Å². The summed E-state index contributed by atoms with van der Waals surface area (Å²) in [5, 5.41) is 3.70. The smallest absolute Gasteiger partial charge is 0.297 e. The predicted molar refractivity (Wildman–Crippen MR) is 110 cm³/mol. The Labute approximate surface area is 161 Å². The number of carbonyl (C=O) groups excluding carboxylic acids is 1. The number of carbonyl (C=O) groups is 1. The van der Waals surface area contributed by atoms with Gasteiger partial charge in [-0.15, -0.1) is 0 Å². The van der Waals surface area contributed by atoms with Gasteiger partial charge in [-0.2, -0.15) is 0 Å². The number of fused-ring (bicyclic) bond motifs is 3. The monoisotopic (exact) mass is 375 g/mol. The predicted octanol–water partition coefficient (Wildman–Crippen LogP) is 4.29. The zero-order valence-electron chi connectivity index (χ0n) is 15.8. The van der Waals surface area contributed by atoms with Gasteiger partial charge < -0.3 is 9.73 Å². The number of nitrogens with one attached hydrogen (secondary N) is 1. The molecule has 0 aliphatic carbocycles. The van der Waals surface area contributed by atoms with Crippen molar-refractivity contribution in [3.05, 3.63) is 70.8 Å². The fraction of sp³-hybridized carbons (Fsp3) is 0.227. The van der Waals surface area contributed by atoms with Gasteiger partial charge in [-0.05, 0) is 36.1 Å². The van der Waals surface area contributed by atoms with E-state index in [4.69, 9.17) is 4.42 Å². The highest BCUT2D eigenvalue weighted by molar-refractivity contribution is 6.01. The maximum atomic E-state index is 12.8. The molecule has 0 fully saturated rings. The lowest BCUT2D eigenvalue weighted by molar-refractivity contribution is -0.116. The highest BCUT2D eigenvalue weighted by atomic mass is 16.3. The minimum Gasteiger partial charge on any atom is -0.448 e. The number of nitrogens with zero attached hydrogens (tertiary/aromatic N) is 2. The van der Waals surface area contributed by atoms with E-state index in [1.165, 1.54) is 10.9 Å². The van der Waals surface area contributed by atoms with Crippen LogP contribution >= 0.6 is 0 Å². The van der Waals surface area contributed by atoms with Gasteiger partial charge in [0, 0.05) is 11.1 Å². The second-order valence-corrected chi connectivity index (χ2v) is 6.90. The van der Waals surface area contributed by atoms with Gasteiger partial charge in [0.25, 0.3) is 5.56 Å². The fourth-order valence-electron chi connectivity index (χ4n) is 3.33. The third-order valence-corrected chi connectivity index (χ3v) is 5.04. The molecule has 6 nitrogen and oxygen atoms in total. The summed E-state index contributed by atoms with van der Waals surface area (Å²) in [5.74, 6) is 0.0444. The zero-order valence-corrected chi connectivity index (χ0v) is 15.8. The quantitative estimate of drug-likeness (QED) is 0.564. The van der Waals surface area contributed by atoms with E-state index in [1.807, 2.05) is 42.5 Å². The van der Waals surface area contributed by atoms with Gasteiger partial charge in [-0.25, -0.2) is 4.98 Å². The maximum absolute atomic E-state index is 12.8. The molecule has 0 saturated heterocycles. The Hall–Kier alpha value is -3.41. The van der Waals surface area contributed by atoms with Crippen molar-refractivity contribution < 1.29 is 9.21 Å². The fourth-order valence-corrected chi connectivity index (χ4v) is 3.33. The summed E-state index contributed by atoms with van der Waals surface area (Å²) < 4.78 is 6.93. The van der Waals surface area contributed by atoms with E-state index in [1.54, 1.807) is 6.07 Å². The summed E-state index contributed by atoms with van der Waals surface area (Å²) in [6, 6.07) is 15.1. The third kappa shape index (κ3) is 3.17. The molecular formula is C22H21N3O3. The molecule has 142 valence electrons. The van der Waals surface area contributed by atoms with Crippen molar-refractivity contribution in [2.24, 2.45) is 0 Å². The molecule has 1 amide bonds. The van der Waals surface area contributed by atoms with Crippen molar-refractivity contribution >= 4 is 33.7 Å². The molecule has 28 heavy (non-hydrogen) atoms. The van der Waals surface area contributed by atoms with Crippen LogP contribution in [-0.4, -0.2) is 15.5 Å². The minimum atomic E-state index is -0.369. The Bertz CT molecular complexity index is 1220. The Morgan fingerprint density at radius 1 is 1.18 bits per heavy atom. The average molecular weight is 375 g/mol. The van der Waals surface area contributed by atoms with Gasteiger partial charge in [0.1, 0.15) is 17.6 Å². The number of benzene rings is 2. The molecule has 0 radical (unpaired) electrons. The number of anilines is 1. The number of rotatable bonds is 5. The van der Waals surface area contributed by atoms with E-state index in [0.717, 1.165) is 23.1 Å². The molecule has 4 aromatic rings. The second-order valence-electron chi connectivity index (χ2n) is 6.90. The van der Waals surface area contributed by atoms with Crippen molar-refractivity contribution in [2.75, 3.05) is 5.32 Å². The summed E-state index contributed by atoms with van der Waals surface area (Å²) in [4.78, 5) is 29.7. The van der Waals surface area contributed by atoms with Crippen LogP contribution in [0.15, 0.2) is 64.1 Å². The average Bonchev–Trinajstić information content (AvgIpc) is 3.09. The molecule has 0 aliphatic rings. The van der Waals surface area contributed by atoms with Crippen molar-refractivity contribution in [3.63, 3.8) is 0 Å². The molecule has 0 saturated carbocycles. The van der Waals surface area contributed by atoms with Crippen molar-refractivity contribution in [1.82, 2.24) is 9.55 Å². The normalized spacial score (nSPS) is 12.4. The van der Waals surface area contributed by atoms with Crippen molar-refractivity contribution in [2.45, 2.75) is 32.7 Å². The Kier molecular flexibility index (Phi) is 4.69. The second kappa shape index (κ2) is 7.31. The summed E-state index contributed by atoms with van der Waals surface area (Å²) in [6.45, 7) is 4.10. The van der Waals surface area contributed by atoms with E-state index in [2.05, 4.69) is 24.1 Å². The summed E-state index contributed by atoms with van der Waals surface area (Å²) in [5.41, 5.74) is 2.76. The van der Waals surface area contributed by atoms with Gasteiger partial charge >= 0.3 is 0 Å². The molecule has 0 bridgehead atoms. The molecule has 1 atom stereocenters. The first kappa shape index (κ1) is 18.0. The molecule has 4 rings (SSSR count). The summed E-state index contributed by atoms with van der Waals surface area (Å²) >= 11 is 0. The van der Waals surface area contributed by atoms with Crippen LogP contribution in [0.3, 0.4) is 0 Å². The molecule has 0 unspecified atom stereocenters. The lowest BCUT2D eigenvalue weighted by atomic mass is 9.97. The Morgan fingerprint density at radius 2 is 1.93 bits per heavy atom. The van der Waals surface area contributed by atoms with E-state index < -0.39 is 0 Å². The zero-order chi connectivity index (χ0) is 19.7. The van der Waals surface area contributed by atoms with Crippen molar-refractivity contribution in [3.8, 4) is 0 Å². The number of hydrogen-bond acceptors (Lipinski definition) is 4. The van der Waals surface area contributed by atoms with Crippen LogP contribution in [0.25, 0.3) is 22.1 Å². The highest BCUT2D eigenvalue weighted by Crippen LogP contribution is 2.27. The molecular weight excluding hydrogens is 354 g/mol. The number of amides is 1. The van der Waals surface area contributed by atoms with Crippen LogP contribution in [0.5, 0.6) is 0 Å². The first-order valence-corrected chi connectivity index (χ1v) is 9.34. The van der Waals surface area contributed by atoms with Crippen LogP contribution in [0.4, 0.5) is 5.69 Å². The van der Waals surface area contributed by atoms with Gasteiger partial charge in [0.2, 0.25) is 11.5 Å². The number of para-hydroxylation sites is 2. The third-order valence-electron chi connectivity index (χ3n) is 5.04. The standard InChI is InChI=1S/C22H21N3O3/c1-3-14(2)15-8-4-6-10-17(15)24-19(26)12-25-13-23-20-16-9-5-7-11-18(16)28-21(20)22(25)27/h4-11,13-14H,3,12H2,1-2H3,(H,24,26)/t14-/m0/s1. The van der Waals surface area contributed by atoms with Crippen molar-refractivity contribution in [1.29, 1.82) is 0 Å². The highest BCUT2D eigenvalue weighted by Gasteiger charge is 2.16. The number of furan rings is 1. The Balaban J connectivity index is 1.62. The molecule has 2 aromatic heterocycles. The van der Waals surface area contributed by atoms with E-state index in [9.17, 15) is 9.59 Å². The molecule has 0 aliphatic heterocycles. The van der Waals surface area contributed by atoms with Crippen LogP contribution < -0.4 is 10.9 Å². The Morgan fingerprint density at radius 3 is 2.75 bits per heavy atom. The molecule has 2 heterocycles. The lowest BCUT2D eigenvalue weighted by Gasteiger charge is -2.15. The number of aromatic nitrogens is 2. The summed E-state index contributed by atoms with van der Waals surface area (Å²) in [7, 11) is 0. The first-order valence-electron chi connectivity index (χ1n) is 9.34. The molecule has 0 spiro atoms. The van der Waals surface area contributed by atoms with E-state index in [-0.39, 0.29) is 23.6 Å². The molecule has 2 aromatic carbocycles. The lowest BCUT2D eigenvalue weighted by Crippen LogP contribution is -2.28. The van der Waals surface area contributed by atoms with Crippen LogP contribution in [0.2, 0.25) is 0 Å². The van der Waals surface area contributed by atoms with Gasteiger partial charge in [0.15, 0.2) is 0 Å². The van der Waals surface area contributed by atoms with E-state index in [0.29, 0.717) is 17.0 Å². The first-order chi connectivity index (χ1) is 13.6. The van der Waals surface area contributed by atoms with E-state index >= 15 is 0 Å². The minimum absolute atomic E-state index is 0.131. The van der Waals surface area contributed by atoms with Crippen LogP contribution in [0, 0.1) is 0 Å². The van der Waals surface area contributed by atoms with Gasteiger partial charge in [0.05, 0.1) is 6.33 Å². The number of hydrogen-bond donors (Lipinski definition) is 1.